The molecular weight excluding hydrogens is 364 g/mol. The Morgan fingerprint density at radius 3 is 2.52 bits per heavy atom. The van der Waals surface area contributed by atoms with Crippen LogP contribution in [-0.4, -0.2) is 45.9 Å². The molecule has 0 radical (unpaired) electrons. The van der Waals surface area contributed by atoms with Crippen LogP contribution < -0.4 is 20.1 Å². The van der Waals surface area contributed by atoms with Gasteiger partial charge in [-0.1, -0.05) is 19.1 Å². The number of nitrogens with zero attached hydrogens (tertiary/aromatic N) is 1. The first-order chi connectivity index (χ1) is 12.5. The number of guanidine groups is 1. The summed E-state index contributed by atoms with van der Waals surface area (Å²) in [6, 6.07) is 6.14. The number of aliphatic imine (C=N–C) groups is 1. The van der Waals surface area contributed by atoms with Gasteiger partial charge in [0.25, 0.3) is 0 Å². The van der Waals surface area contributed by atoms with Crippen LogP contribution >= 0.6 is 0 Å². The van der Waals surface area contributed by atoms with Crippen LogP contribution in [0.2, 0.25) is 0 Å². The van der Waals surface area contributed by atoms with Crippen molar-refractivity contribution in [3.05, 3.63) is 29.3 Å². The molecule has 1 aromatic carbocycles. The molecule has 0 aliphatic carbocycles. The Morgan fingerprint density at radius 2 is 1.96 bits per heavy atom. The lowest BCUT2D eigenvalue weighted by Gasteiger charge is -2.26. The molecule has 0 spiro atoms. The van der Waals surface area contributed by atoms with Gasteiger partial charge in [0.2, 0.25) is 10.0 Å². The number of ether oxygens (including phenoxy) is 1. The smallest absolute Gasteiger partial charge is 0.209 e. The molecule has 0 aromatic heterocycles. The number of sulfonamides is 1. The standard InChI is InChI=1S/C19H34N4O3S/c1-8-15(3)26-17-11-14(2)9-10-16(17)12-21-18(20-6)22-13-19(4,5)23-27(7,24)25/h9-11,15,23H,8,12-13H2,1-7H3,(H2,20,21,22). The van der Waals surface area contributed by atoms with Crippen molar-refractivity contribution >= 4 is 16.0 Å². The van der Waals surface area contributed by atoms with E-state index in [1.807, 2.05) is 32.9 Å². The van der Waals surface area contributed by atoms with E-state index in [0.717, 1.165) is 29.6 Å². The summed E-state index contributed by atoms with van der Waals surface area (Å²) < 4.78 is 31.5. The fraction of sp³-hybridized carbons (Fsp3) is 0.632. The molecule has 0 aliphatic rings. The van der Waals surface area contributed by atoms with E-state index in [9.17, 15) is 8.42 Å². The van der Waals surface area contributed by atoms with E-state index in [0.29, 0.717) is 19.0 Å². The zero-order chi connectivity index (χ0) is 20.7. The minimum Gasteiger partial charge on any atom is -0.490 e. The van der Waals surface area contributed by atoms with Crippen LogP contribution in [0.25, 0.3) is 0 Å². The van der Waals surface area contributed by atoms with Gasteiger partial charge >= 0.3 is 0 Å². The molecular formula is C19H34N4O3S. The van der Waals surface area contributed by atoms with Crippen LogP contribution in [0.5, 0.6) is 5.75 Å². The lowest BCUT2D eigenvalue weighted by molar-refractivity contribution is 0.215. The summed E-state index contributed by atoms with van der Waals surface area (Å²) in [5.41, 5.74) is 1.55. The number of hydrogen-bond acceptors (Lipinski definition) is 4. The Morgan fingerprint density at radius 1 is 1.30 bits per heavy atom. The Kier molecular flexibility index (Phi) is 8.56. The topological polar surface area (TPSA) is 91.8 Å². The maximum atomic E-state index is 11.5. The molecule has 0 saturated carbocycles. The number of hydrogen-bond donors (Lipinski definition) is 3. The molecule has 0 saturated heterocycles. The largest absolute Gasteiger partial charge is 0.490 e. The van der Waals surface area contributed by atoms with Crippen molar-refractivity contribution in [3.63, 3.8) is 0 Å². The third-order valence-corrected chi connectivity index (χ3v) is 4.88. The van der Waals surface area contributed by atoms with Gasteiger partial charge in [-0.05, 0) is 45.7 Å². The van der Waals surface area contributed by atoms with Crippen molar-refractivity contribution in [2.75, 3.05) is 19.8 Å². The molecule has 154 valence electrons. The van der Waals surface area contributed by atoms with E-state index in [-0.39, 0.29) is 6.10 Å². The normalized spacial score (nSPS) is 14.0. The Labute approximate surface area is 164 Å². The first-order valence-corrected chi connectivity index (χ1v) is 11.0. The van der Waals surface area contributed by atoms with Gasteiger partial charge < -0.3 is 15.4 Å². The van der Waals surface area contributed by atoms with Gasteiger partial charge in [-0.3, -0.25) is 4.99 Å². The Balaban J connectivity index is 2.73. The van der Waals surface area contributed by atoms with Crippen LogP contribution in [0.1, 0.15) is 45.2 Å². The molecule has 27 heavy (non-hydrogen) atoms. The van der Waals surface area contributed by atoms with Crippen LogP contribution in [0.4, 0.5) is 0 Å². The van der Waals surface area contributed by atoms with E-state index in [1.54, 1.807) is 7.05 Å². The van der Waals surface area contributed by atoms with Crippen molar-refractivity contribution < 1.29 is 13.2 Å². The Bertz CT molecular complexity index is 745. The fourth-order valence-corrected chi connectivity index (χ4v) is 3.54. The number of rotatable bonds is 9. The highest BCUT2D eigenvalue weighted by atomic mass is 32.2. The number of aryl methyl sites for hydroxylation is 1. The second-order valence-electron chi connectivity index (χ2n) is 7.49. The van der Waals surface area contributed by atoms with Crippen LogP contribution in [-0.2, 0) is 16.6 Å². The molecule has 0 heterocycles. The molecule has 7 nitrogen and oxygen atoms in total. The summed E-state index contributed by atoms with van der Waals surface area (Å²) in [7, 11) is -1.60. The van der Waals surface area contributed by atoms with Crippen molar-refractivity contribution in [1.29, 1.82) is 0 Å². The average molecular weight is 399 g/mol. The van der Waals surface area contributed by atoms with Crippen LogP contribution in [0.3, 0.4) is 0 Å². The van der Waals surface area contributed by atoms with Crippen molar-refractivity contribution in [3.8, 4) is 5.75 Å². The lowest BCUT2D eigenvalue weighted by Crippen LogP contribution is -2.52. The summed E-state index contributed by atoms with van der Waals surface area (Å²) >= 11 is 0. The van der Waals surface area contributed by atoms with Crippen LogP contribution in [0, 0.1) is 6.92 Å². The molecule has 0 fully saturated rings. The lowest BCUT2D eigenvalue weighted by atomic mass is 10.1. The summed E-state index contributed by atoms with van der Waals surface area (Å²) in [5, 5.41) is 6.41. The molecule has 0 aliphatic heterocycles. The molecule has 0 amide bonds. The quantitative estimate of drug-likeness (QED) is 0.438. The van der Waals surface area contributed by atoms with Gasteiger partial charge in [-0.15, -0.1) is 0 Å². The van der Waals surface area contributed by atoms with Gasteiger partial charge in [0.15, 0.2) is 5.96 Å². The molecule has 1 aromatic rings. The predicted octanol–water partition coefficient (Wildman–Crippen LogP) is 2.17. The molecule has 8 heteroatoms. The van der Waals surface area contributed by atoms with Crippen molar-refractivity contribution in [2.24, 2.45) is 4.99 Å². The first kappa shape index (κ1) is 23.2. The maximum absolute atomic E-state index is 11.5. The molecule has 1 rings (SSSR count). The maximum Gasteiger partial charge on any atom is 0.209 e. The van der Waals surface area contributed by atoms with Crippen LogP contribution in [0.15, 0.2) is 23.2 Å². The summed E-state index contributed by atoms with van der Waals surface area (Å²) in [4.78, 5) is 4.20. The van der Waals surface area contributed by atoms with E-state index in [4.69, 9.17) is 4.74 Å². The molecule has 1 unspecified atom stereocenters. The van der Waals surface area contributed by atoms with E-state index >= 15 is 0 Å². The SMILES string of the molecule is CCC(C)Oc1cc(C)ccc1CNC(=NC)NCC(C)(C)NS(C)(=O)=O. The summed E-state index contributed by atoms with van der Waals surface area (Å²) in [5.74, 6) is 1.46. The zero-order valence-electron chi connectivity index (χ0n) is 17.5. The van der Waals surface area contributed by atoms with Gasteiger partial charge in [0.05, 0.1) is 12.4 Å². The second kappa shape index (κ2) is 9.94. The van der Waals surface area contributed by atoms with Gasteiger partial charge in [0, 0.05) is 31.2 Å². The number of benzene rings is 1. The van der Waals surface area contributed by atoms with E-state index < -0.39 is 15.6 Å². The monoisotopic (exact) mass is 398 g/mol. The highest BCUT2D eigenvalue weighted by molar-refractivity contribution is 7.88. The highest BCUT2D eigenvalue weighted by Crippen LogP contribution is 2.22. The zero-order valence-corrected chi connectivity index (χ0v) is 18.3. The minimum atomic E-state index is -3.28. The predicted molar refractivity (Wildman–Crippen MR) is 112 cm³/mol. The molecule has 3 N–H and O–H groups in total. The molecule has 0 bridgehead atoms. The summed E-state index contributed by atoms with van der Waals surface area (Å²) in [6.45, 7) is 10.7. The van der Waals surface area contributed by atoms with Crippen molar-refractivity contribution in [2.45, 2.75) is 59.2 Å². The minimum absolute atomic E-state index is 0.144. The third kappa shape index (κ3) is 9.10. The average Bonchev–Trinajstić information content (AvgIpc) is 2.54. The summed E-state index contributed by atoms with van der Waals surface area (Å²) in [6.07, 6.45) is 2.23. The number of nitrogens with one attached hydrogen (secondary N) is 3. The van der Waals surface area contributed by atoms with Gasteiger partial charge in [-0.25, -0.2) is 13.1 Å². The molecule has 1 atom stereocenters. The second-order valence-corrected chi connectivity index (χ2v) is 9.23. The third-order valence-electron chi connectivity index (χ3n) is 3.96. The highest BCUT2D eigenvalue weighted by Gasteiger charge is 2.22. The van der Waals surface area contributed by atoms with Gasteiger partial charge in [0.1, 0.15) is 5.75 Å². The van der Waals surface area contributed by atoms with E-state index in [2.05, 4.69) is 40.3 Å². The fourth-order valence-electron chi connectivity index (χ4n) is 2.46. The first-order valence-electron chi connectivity index (χ1n) is 9.15. The Hall–Kier alpha value is -1.80. The van der Waals surface area contributed by atoms with E-state index in [1.165, 1.54) is 0 Å². The van der Waals surface area contributed by atoms with Crippen molar-refractivity contribution in [1.82, 2.24) is 15.4 Å². The van der Waals surface area contributed by atoms with Gasteiger partial charge in [-0.2, -0.15) is 0 Å².